The number of nitrogens with zero attached hydrogens (tertiary/aromatic N) is 3. The van der Waals surface area contributed by atoms with E-state index in [9.17, 15) is 9.59 Å². The number of carbonyl (C=O) groups excluding carboxylic acids is 2. The summed E-state index contributed by atoms with van der Waals surface area (Å²) < 4.78 is 0. The standard InChI is InChI=1S/C19H14Cl2N6O2/c1-8-6-11(23-7-24-19-26-17(20)25-18(21)27-19)12-13(14(8)22)16(29)10-5-3-2-4-9(10)15(12)28/h2-6,23H,7,22H2,1H3,(H,24,25,26,27). The average molecular weight is 429 g/mol. The molecule has 146 valence electrons. The third kappa shape index (κ3) is 3.37. The number of hydrogen-bond acceptors (Lipinski definition) is 8. The van der Waals surface area contributed by atoms with Crippen molar-refractivity contribution in [2.75, 3.05) is 23.0 Å². The summed E-state index contributed by atoms with van der Waals surface area (Å²) in [4.78, 5) is 37.6. The van der Waals surface area contributed by atoms with E-state index in [-0.39, 0.29) is 45.9 Å². The highest BCUT2D eigenvalue weighted by molar-refractivity contribution is 6.32. The number of nitrogens with one attached hydrogen (secondary N) is 2. The van der Waals surface area contributed by atoms with Crippen molar-refractivity contribution < 1.29 is 9.59 Å². The lowest BCUT2D eigenvalue weighted by Gasteiger charge is -2.23. The Morgan fingerprint density at radius 3 is 2.14 bits per heavy atom. The van der Waals surface area contributed by atoms with Gasteiger partial charge in [-0.3, -0.25) is 9.59 Å². The van der Waals surface area contributed by atoms with Crippen molar-refractivity contribution in [3.05, 3.63) is 68.7 Å². The zero-order valence-electron chi connectivity index (χ0n) is 15.1. The molecular formula is C19H14Cl2N6O2. The number of halogens is 2. The van der Waals surface area contributed by atoms with Gasteiger partial charge in [-0.15, -0.1) is 0 Å². The molecule has 29 heavy (non-hydrogen) atoms. The summed E-state index contributed by atoms with van der Waals surface area (Å²) in [6, 6.07) is 8.42. The van der Waals surface area contributed by atoms with Gasteiger partial charge in [-0.05, 0) is 41.8 Å². The van der Waals surface area contributed by atoms with Crippen molar-refractivity contribution in [2.24, 2.45) is 0 Å². The minimum atomic E-state index is -0.275. The van der Waals surface area contributed by atoms with Crippen LogP contribution in [0, 0.1) is 6.92 Å². The van der Waals surface area contributed by atoms with Crippen LogP contribution < -0.4 is 16.4 Å². The first-order valence-corrected chi connectivity index (χ1v) is 9.28. The van der Waals surface area contributed by atoms with Gasteiger partial charge in [0, 0.05) is 22.5 Å². The largest absolute Gasteiger partial charge is 0.398 e. The van der Waals surface area contributed by atoms with Gasteiger partial charge in [0.05, 0.1) is 17.8 Å². The molecule has 4 N–H and O–H groups in total. The molecule has 4 rings (SSSR count). The molecule has 8 nitrogen and oxygen atoms in total. The molecule has 0 saturated heterocycles. The second-order valence-corrected chi connectivity index (χ2v) is 7.01. The Morgan fingerprint density at radius 2 is 1.52 bits per heavy atom. The first kappa shape index (κ1) is 19.1. The maximum absolute atomic E-state index is 13.1. The Hall–Kier alpha value is -3.23. The highest BCUT2D eigenvalue weighted by atomic mass is 35.5. The normalized spacial score (nSPS) is 12.4. The van der Waals surface area contributed by atoms with Crippen molar-refractivity contribution in [3.8, 4) is 0 Å². The van der Waals surface area contributed by atoms with Crippen molar-refractivity contribution in [2.45, 2.75) is 6.92 Å². The van der Waals surface area contributed by atoms with E-state index in [1.165, 1.54) is 0 Å². The van der Waals surface area contributed by atoms with E-state index >= 15 is 0 Å². The Balaban J connectivity index is 1.69. The van der Waals surface area contributed by atoms with Crippen molar-refractivity contribution in [3.63, 3.8) is 0 Å². The number of fused-ring (bicyclic) bond motifs is 2. The molecule has 1 heterocycles. The van der Waals surface area contributed by atoms with Crippen LogP contribution in [-0.4, -0.2) is 33.2 Å². The zero-order valence-corrected chi connectivity index (χ0v) is 16.6. The lowest BCUT2D eigenvalue weighted by atomic mass is 9.81. The van der Waals surface area contributed by atoms with Crippen LogP contribution in [0.15, 0.2) is 30.3 Å². The van der Waals surface area contributed by atoms with E-state index in [0.29, 0.717) is 28.1 Å². The van der Waals surface area contributed by atoms with Crippen LogP contribution >= 0.6 is 23.2 Å². The smallest absolute Gasteiger partial charge is 0.229 e. The number of benzene rings is 2. The number of ketones is 2. The van der Waals surface area contributed by atoms with Crippen LogP contribution in [0.5, 0.6) is 0 Å². The highest BCUT2D eigenvalue weighted by Gasteiger charge is 2.34. The molecule has 0 radical (unpaired) electrons. The topological polar surface area (TPSA) is 123 Å². The molecule has 0 bridgehead atoms. The molecule has 10 heteroatoms. The lowest BCUT2D eigenvalue weighted by molar-refractivity contribution is 0.0980. The summed E-state index contributed by atoms with van der Waals surface area (Å²) in [7, 11) is 0. The SMILES string of the molecule is Cc1cc(NCNc2nc(Cl)nc(Cl)n2)c2c(c1N)C(=O)c1ccccc1C2=O. The third-order valence-corrected chi connectivity index (χ3v) is 4.89. The molecule has 0 spiro atoms. The van der Waals surface area contributed by atoms with Crippen LogP contribution in [0.1, 0.15) is 37.4 Å². The monoisotopic (exact) mass is 428 g/mol. The van der Waals surface area contributed by atoms with Crippen LogP contribution in [0.3, 0.4) is 0 Å². The summed E-state index contributed by atoms with van der Waals surface area (Å²) in [6.45, 7) is 1.91. The predicted octanol–water partition coefficient (Wildman–Crippen LogP) is 3.33. The Kier molecular flexibility index (Phi) is 4.81. The summed E-state index contributed by atoms with van der Waals surface area (Å²) in [5, 5.41) is 5.87. The quantitative estimate of drug-likeness (QED) is 0.334. The van der Waals surface area contributed by atoms with E-state index in [0.717, 1.165) is 0 Å². The highest BCUT2D eigenvalue weighted by Crippen LogP contribution is 2.37. The fourth-order valence-electron chi connectivity index (χ4n) is 3.22. The molecule has 0 unspecified atom stereocenters. The first-order chi connectivity index (χ1) is 13.9. The van der Waals surface area contributed by atoms with Crippen molar-refractivity contribution >= 4 is 52.1 Å². The molecule has 0 atom stereocenters. The van der Waals surface area contributed by atoms with Gasteiger partial charge in [0.15, 0.2) is 11.6 Å². The number of nitrogen functional groups attached to an aromatic ring is 1. The first-order valence-electron chi connectivity index (χ1n) is 8.53. The minimum absolute atomic E-state index is 0.0504. The molecule has 1 aliphatic rings. The van der Waals surface area contributed by atoms with E-state index in [2.05, 4.69) is 25.6 Å². The van der Waals surface area contributed by atoms with Crippen molar-refractivity contribution in [1.82, 2.24) is 15.0 Å². The van der Waals surface area contributed by atoms with E-state index < -0.39 is 0 Å². The van der Waals surface area contributed by atoms with E-state index in [4.69, 9.17) is 28.9 Å². The summed E-state index contributed by atoms with van der Waals surface area (Å²) in [6.07, 6.45) is 0. The molecule has 0 amide bonds. The van der Waals surface area contributed by atoms with E-state index in [1.54, 1.807) is 37.3 Å². The van der Waals surface area contributed by atoms with Crippen molar-refractivity contribution in [1.29, 1.82) is 0 Å². The molecule has 1 aliphatic carbocycles. The lowest BCUT2D eigenvalue weighted by Crippen LogP contribution is -2.25. The van der Waals surface area contributed by atoms with Gasteiger partial charge in [0.2, 0.25) is 16.5 Å². The third-order valence-electron chi connectivity index (χ3n) is 4.55. The Bertz CT molecular complexity index is 1160. The number of aryl methyl sites for hydroxylation is 1. The van der Waals surface area contributed by atoms with Gasteiger partial charge in [-0.2, -0.15) is 15.0 Å². The number of aromatic nitrogens is 3. The summed E-state index contributed by atoms with van der Waals surface area (Å²) >= 11 is 11.5. The molecule has 1 aromatic heterocycles. The second kappa shape index (κ2) is 7.31. The van der Waals surface area contributed by atoms with Gasteiger partial charge < -0.3 is 16.4 Å². The van der Waals surface area contributed by atoms with Crippen LogP contribution in [0.2, 0.25) is 10.6 Å². The Labute approximate surface area is 175 Å². The maximum Gasteiger partial charge on any atom is 0.229 e. The summed E-state index contributed by atoms with van der Waals surface area (Å²) in [5.74, 6) is -0.379. The molecule has 0 fully saturated rings. The molecule has 0 saturated carbocycles. The van der Waals surface area contributed by atoms with E-state index in [1.807, 2.05) is 0 Å². The zero-order chi connectivity index (χ0) is 20.7. The van der Waals surface area contributed by atoms with Crippen LogP contribution in [-0.2, 0) is 0 Å². The molecule has 0 aliphatic heterocycles. The number of hydrogen-bond donors (Lipinski definition) is 3. The van der Waals surface area contributed by atoms with Crippen LogP contribution in [0.4, 0.5) is 17.3 Å². The number of anilines is 3. The van der Waals surface area contributed by atoms with Crippen LogP contribution in [0.25, 0.3) is 0 Å². The van der Waals surface area contributed by atoms with Gasteiger partial charge in [-0.1, -0.05) is 24.3 Å². The fourth-order valence-corrected chi connectivity index (χ4v) is 3.58. The number of rotatable bonds is 4. The Morgan fingerprint density at radius 1 is 0.931 bits per heavy atom. The fraction of sp³-hybridized carbons (Fsp3) is 0.105. The van der Waals surface area contributed by atoms with Gasteiger partial charge in [0.25, 0.3) is 0 Å². The second-order valence-electron chi connectivity index (χ2n) is 6.34. The predicted molar refractivity (Wildman–Crippen MR) is 111 cm³/mol. The molecular weight excluding hydrogens is 415 g/mol. The number of nitrogens with two attached hydrogens (primary N) is 1. The average Bonchev–Trinajstić information content (AvgIpc) is 2.68. The maximum atomic E-state index is 13.1. The van der Waals surface area contributed by atoms with Gasteiger partial charge in [0.1, 0.15) is 0 Å². The molecule has 2 aromatic carbocycles. The van der Waals surface area contributed by atoms with Gasteiger partial charge >= 0.3 is 0 Å². The van der Waals surface area contributed by atoms with Gasteiger partial charge in [-0.25, -0.2) is 0 Å². The minimum Gasteiger partial charge on any atom is -0.398 e. The summed E-state index contributed by atoms with van der Waals surface area (Å²) in [5.41, 5.74) is 8.75. The molecule has 3 aromatic rings. The number of carbonyl (C=O) groups is 2.